The SMILES string of the molecule is CSCCC(NC(=O)CNC(=O)C(N)Cc1c[nH]c2ccccc12)C(=O)NC(C)C(=O)O. The van der Waals surface area contributed by atoms with Gasteiger partial charge in [0.1, 0.15) is 12.1 Å². The Morgan fingerprint density at radius 2 is 1.88 bits per heavy atom. The second-order valence-corrected chi connectivity index (χ2v) is 8.34. The number of amides is 3. The average molecular weight is 464 g/mol. The molecule has 11 heteroatoms. The highest BCUT2D eigenvalue weighted by atomic mass is 32.2. The van der Waals surface area contributed by atoms with Crippen molar-refractivity contribution in [2.75, 3.05) is 18.6 Å². The van der Waals surface area contributed by atoms with Crippen molar-refractivity contribution in [1.82, 2.24) is 20.9 Å². The maximum atomic E-state index is 12.3. The number of thioether (sulfide) groups is 1. The zero-order valence-corrected chi connectivity index (χ0v) is 18.8. The van der Waals surface area contributed by atoms with E-state index in [4.69, 9.17) is 10.8 Å². The van der Waals surface area contributed by atoms with Gasteiger partial charge in [0.25, 0.3) is 0 Å². The van der Waals surface area contributed by atoms with Crippen LogP contribution in [-0.4, -0.2) is 70.5 Å². The van der Waals surface area contributed by atoms with Gasteiger partial charge in [-0.1, -0.05) is 18.2 Å². The van der Waals surface area contributed by atoms with Gasteiger partial charge in [-0.25, -0.2) is 0 Å². The number of hydrogen-bond acceptors (Lipinski definition) is 6. The highest BCUT2D eigenvalue weighted by Crippen LogP contribution is 2.18. The fourth-order valence-corrected chi connectivity index (χ4v) is 3.53. The van der Waals surface area contributed by atoms with Crippen molar-refractivity contribution in [2.45, 2.75) is 37.9 Å². The van der Waals surface area contributed by atoms with Crippen LogP contribution in [0.4, 0.5) is 0 Å². The third kappa shape index (κ3) is 7.27. The minimum Gasteiger partial charge on any atom is -0.480 e. The number of aromatic nitrogens is 1. The normalized spacial score (nSPS) is 13.7. The molecule has 10 nitrogen and oxygen atoms in total. The molecule has 0 saturated carbocycles. The molecule has 32 heavy (non-hydrogen) atoms. The maximum Gasteiger partial charge on any atom is 0.325 e. The molecule has 1 heterocycles. The lowest BCUT2D eigenvalue weighted by molar-refractivity contribution is -0.141. The third-order valence-electron chi connectivity index (χ3n) is 4.87. The van der Waals surface area contributed by atoms with E-state index in [2.05, 4.69) is 20.9 Å². The molecule has 174 valence electrons. The topological polar surface area (TPSA) is 166 Å². The van der Waals surface area contributed by atoms with Crippen LogP contribution in [0, 0.1) is 0 Å². The van der Waals surface area contributed by atoms with Crippen LogP contribution in [0.1, 0.15) is 18.9 Å². The number of nitrogens with one attached hydrogen (secondary N) is 4. The van der Waals surface area contributed by atoms with Crippen LogP contribution in [0.3, 0.4) is 0 Å². The second kappa shape index (κ2) is 12.1. The molecule has 0 bridgehead atoms. The van der Waals surface area contributed by atoms with Gasteiger partial charge >= 0.3 is 5.97 Å². The van der Waals surface area contributed by atoms with Crippen LogP contribution in [0.2, 0.25) is 0 Å². The number of nitrogens with two attached hydrogens (primary N) is 1. The van der Waals surface area contributed by atoms with Crippen LogP contribution < -0.4 is 21.7 Å². The standard InChI is InChI=1S/C21H29N5O5S/c1-12(21(30)31)25-20(29)17(7-8-32-2)26-18(27)11-24-19(28)15(22)9-13-10-23-16-6-4-3-5-14(13)16/h3-6,10,12,15,17,23H,7-9,11,22H2,1-2H3,(H,24,28)(H,25,29)(H,26,27)(H,30,31). The number of benzene rings is 1. The summed E-state index contributed by atoms with van der Waals surface area (Å²) in [7, 11) is 0. The Labute approximate surface area is 190 Å². The largest absolute Gasteiger partial charge is 0.480 e. The van der Waals surface area contributed by atoms with Gasteiger partial charge in [-0.2, -0.15) is 11.8 Å². The number of carboxylic acids is 1. The molecule has 0 radical (unpaired) electrons. The van der Waals surface area contributed by atoms with E-state index in [9.17, 15) is 19.2 Å². The summed E-state index contributed by atoms with van der Waals surface area (Å²) in [5, 5.41) is 17.3. The van der Waals surface area contributed by atoms with Gasteiger partial charge in [0.05, 0.1) is 12.6 Å². The number of rotatable bonds is 12. The third-order valence-corrected chi connectivity index (χ3v) is 5.51. The van der Waals surface area contributed by atoms with Crippen LogP contribution in [0.25, 0.3) is 10.9 Å². The monoisotopic (exact) mass is 463 g/mol. The van der Waals surface area contributed by atoms with Gasteiger partial charge < -0.3 is 31.8 Å². The van der Waals surface area contributed by atoms with E-state index in [-0.39, 0.29) is 6.54 Å². The number of carboxylic acid groups (broad SMARTS) is 1. The summed E-state index contributed by atoms with van der Waals surface area (Å²) < 4.78 is 0. The predicted octanol–water partition coefficient (Wildman–Crippen LogP) is -0.0189. The summed E-state index contributed by atoms with van der Waals surface area (Å²) in [4.78, 5) is 51.0. The van der Waals surface area contributed by atoms with Crippen molar-refractivity contribution in [2.24, 2.45) is 5.73 Å². The summed E-state index contributed by atoms with van der Waals surface area (Å²) in [6, 6.07) is 4.82. The molecule has 0 aliphatic rings. The second-order valence-electron chi connectivity index (χ2n) is 7.36. The van der Waals surface area contributed by atoms with E-state index in [1.165, 1.54) is 18.7 Å². The molecule has 2 rings (SSSR count). The van der Waals surface area contributed by atoms with Crippen molar-refractivity contribution < 1.29 is 24.3 Å². The highest BCUT2D eigenvalue weighted by Gasteiger charge is 2.24. The van der Waals surface area contributed by atoms with Gasteiger partial charge in [-0.05, 0) is 43.4 Å². The molecular formula is C21H29N5O5S. The lowest BCUT2D eigenvalue weighted by atomic mass is 10.1. The van der Waals surface area contributed by atoms with Crippen LogP contribution in [0.15, 0.2) is 30.5 Å². The highest BCUT2D eigenvalue weighted by molar-refractivity contribution is 7.98. The van der Waals surface area contributed by atoms with Crippen molar-refractivity contribution in [3.05, 3.63) is 36.0 Å². The first kappa shape index (κ1) is 25.2. The molecule has 2 aromatic rings. The zero-order valence-electron chi connectivity index (χ0n) is 18.0. The van der Waals surface area contributed by atoms with Crippen LogP contribution in [0.5, 0.6) is 0 Å². The van der Waals surface area contributed by atoms with Gasteiger partial charge in [-0.3, -0.25) is 19.2 Å². The van der Waals surface area contributed by atoms with Gasteiger partial charge in [0, 0.05) is 17.1 Å². The van der Waals surface area contributed by atoms with E-state index in [1.54, 1.807) is 6.20 Å². The van der Waals surface area contributed by atoms with Crippen molar-refractivity contribution >= 4 is 46.4 Å². The Kier molecular flexibility index (Phi) is 9.54. The van der Waals surface area contributed by atoms with Crippen LogP contribution >= 0.6 is 11.8 Å². The molecule has 3 atom stereocenters. The quantitative estimate of drug-likeness (QED) is 0.257. The zero-order chi connectivity index (χ0) is 23.7. The molecule has 0 aliphatic carbocycles. The Balaban J connectivity index is 1.87. The van der Waals surface area contributed by atoms with Crippen molar-refractivity contribution in [3.8, 4) is 0 Å². The lowest BCUT2D eigenvalue weighted by Crippen LogP contribution is -2.53. The number of aliphatic carboxylic acids is 1. The lowest BCUT2D eigenvalue weighted by Gasteiger charge is -2.20. The number of carbonyl (C=O) groups is 4. The molecule has 1 aromatic heterocycles. The summed E-state index contributed by atoms with van der Waals surface area (Å²) in [6.45, 7) is 0.987. The molecule has 7 N–H and O–H groups in total. The van der Waals surface area contributed by atoms with Crippen LogP contribution in [-0.2, 0) is 25.6 Å². The Bertz CT molecular complexity index is 963. The molecule has 0 aliphatic heterocycles. The summed E-state index contributed by atoms with van der Waals surface area (Å²) in [6.07, 6.45) is 4.27. The molecule has 3 unspecified atom stereocenters. The first-order valence-electron chi connectivity index (χ1n) is 10.1. The summed E-state index contributed by atoms with van der Waals surface area (Å²) in [5.41, 5.74) is 7.85. The molecule has 1 aromatic carbocycles. The molecule has 3 amide bonds. The van der Waals surface area contributed by atoms with Crippen molar-refractivity contribution in [1.29, 1.82) is 0 Å². The van der Waals surface area contributed by atoms with E-state index in [1.807, 2.05) is 30.5 Å². The van der Waals surface area contributed by atoms with E-state index in [0.717, 1.165) is 16.5 Å². The Hall–Kier alpha value is -3.05. The fourth-order valence-electron chi connectivity index (χ4n) is 3.05. The van der Waals surface area contributed by atoms with Gasteiger partial charge in [0.2, 0.25) is 17.7 Å². The first-order chi connectivity index (χ1) is 15.2. The average Bonchev–Trinajstić information content (AvgIpc) is 3.17. The van der Waals surface area contributed by atoms with E-state index < -0.39 is 41.8 Å². The minimum absolute atomic E-state index is 0.295. The molecular weight excluding hydrogens is 434 g/mol. The number of aromatic amines is 1. The Morgan fingerprint density at radius 1 is 1.16 bits per heavy atom. The predicted molar refractivity (Wildman–Crippen MR) is 123 cm³/mol. The minimum atomic E-state index is -1.18. The number of H-pyrrole nitrogens is 1. The Morgan fingerprint density at radius 3 is 2.56 bits per heavy atom. The van der Waals surface area contributed by atoms with Gasteiger partial charge in [-0.15, -0.1) is 0 Å². The maximum absolute atomic E-state index is 12.3. The fraction of sp³-hybridized carbons (Fsp3) is 0.429. The first-order valence-corrected chi connectivity index (χ1v) is 11.5. The molecule has 0 saturated heterocycles. The van der Waals surface area contributed by atoms with E-state index >= 15 is 0 Å². The van der Waals surface area contributed by atoms with E-state index in [0.29, 0.717) is 18.6 Å². The number of fused-ring (bicyclic) bond motifs is 1. The number of para-hydroxylation sites is 1. The van der Waals surface area contributed by atoms with Gasteiger partial charge in [0.15, 0.2) is 0 Å². The molecule has 0 fully saturated rings. The summed E-state index contributed by atoms with van der Waals surface area (Å²) in [5.74, 6) is -2.24. The number of carbonyl (C=O) groups excluding carboxylic acids is 3. The van der Waals surface area contributed by atoms with Crippen molar-refractivity contribution in [3.63, 3.8) is 0 Å². The number of hydrogen-bond donors (Lipinski definition) is 6. The summed E-state index contributed by atoms with van der Waals surface area (Å²) >= 11 is 1.49. The smallest absolute Gasteiger partial charge is 0.325 e. The molecule has 0 spiro atoms.